The van der Waals surface area contributed by atoms with Gasteiger partial charge in [0.05, 0.1) is 55.8 Å². The van der Waals surface area contributed by atoms with Gasteiger partial charge in [-0.2, -0.15) is 0 Å². The Morgan fingerprint density at radius 2 is 1.32 bits per heavy atom. The average molecular weight is 1310 g/mol. The van der Waals surface area contributed by atoms with Crippen LogP contribution in [0.15, 0.2) is 66.7 Å². The van der Waals surface area contributed by atoms with E-state index in [9.17, 15) is 52.7 Å². The fraction of sp³-hybridized carbons (Fsp3) is 0.653. The van der Waals surface area contributed by atoms with Gasteiger partial charge in [0, 0.05) is 104 Å². The second kappa shape index (κ2) is 39.6. The third-order valence-electron chi connectivity index (χ3n) is 19.0. The number of primary amides is 1. The number of methoxy groups -OCH3 is 3. The molecule has 1 fully saturated rings. The van der Waals surface area contributed by atoms with E-state index in [1.807, 2.05) is 122 Å². The molecule has 0 aromatic heterocycles. The van der Waals surface area contributed by atoms with Gasteiger partial charge in [0.1, 0.15) is 11.8 Å². The van der Waals surface area contributed by atoms with Gasteiger partial charge in [-0.05, 0) is 92.4 Å². The van der Waals surface area contributed by atoms with Crippen molar-refractivity contribution in [2.75, 3.05) is 61.6 Å². The minimum Gasteiger partial charge on any atom is -0.467 e. The first-order valence-corrected chi connectivity index (χ1v) is 33.8. The van der Waals surface area contributed by atoms with E-state index in [4.69, 9.17) is 19.9 Å². The number of esters is 1. The quantitative estimate of drug-likeness (QED) is 0.0295. The Labute approximate surface area is 558 Å². The van der Waals surface area contributed by atoms with Crippen molar-refractivity contribution in [3.8, 4) is 0 Å². The third kappa shape index (κ3) is 23.9. The highest BCUT2D eigenvalue weighted by Gasteiger charge is 2.44. The zero-order chi connectivity index (χ0) is 69.9. The standard InChI is InChI=1S/C72H110N8O14/c1-15-48(8)66(61(92-12)44-64(86)79-38-23-28-58(79)67(93-13)49(9)68(87)76-57(71(90)94-14)40-51-24-18-16-19-25-51)78(11)70(89)55(46(4)5)43-60(83)65(47(6)7)77(10)39-35-50-29-31-52(32-30-50)41-59(82)56(27-22-36-74-72(73)91)75-69(88)54(45(2)3)42-53(81)26-20-17-21-37-80-62(84)33-34-63(80)85/h16,18-19,24-25,29-34,45-49,54-58,61,65-67H,15,17,20-23,26-28,35-44H2,1-14H3,(H,75,88)(H,76,87)(H3,73,74,91)/t48-,49+,54-,55-,56-,57-,58-,61+,65-,66-,67+/m0/s1. The maximum absolute atomic E-state index is 15.0. The number of hydrogen-bond donors (Lipinski definition) is 4. The van der Waals surface area contributed by atoms with E-state index < -0.39 is 84.0 Å². The molecule has 2 aliphatic rings. The highest BCUT2D eigenvalue weighted by molar-refractivity contribution is 6.12. The summed E-state index contributed by atoms with van der Waals surface area (Å²) in [6.45, 7) is 18.8. The van der Waals surface area contributed by atoms with Crippen LogP contribution in [0, 0.1) is 41.4 Å². The molecule has 8 amide bonds. The molecule has 11 atom stereocenters. The van der Waals surface area contributed by atoms with Gasteiger partial charge in [-0.1, -0.05) is 130 Å². The molecular formula is C72H110N8O14. The third-order valence-corrected chi connectivity index (χ3v) is 19.0. The monoisotopic (exact) mass is 1310 g/mol. The molecule has 1 saturated heterocycles. The van der Waals surface area contributed by atoms with Gasteiger partial charge in [-0.15, -0.1) is 0 Å². The second-order valence-corrected chi connectivity index (χ2v) is 26.8. The molecular weight excluding hydrogens is 1200 g/mol. The lowest BCUT2D eigenvalue weighted by atomic mass is 9.83. The largest absolute Gasteiger partial charge is 0.467 e. The van der Waals surface area contributed by atoms with Crippen molar-refractivity contribution in [2.24, 2.45) is 47.2 Å². The van der Waals surface area contributed by atoms with Crippen molar-refractivity contribution in [1.29, 1.82) is 0 Å². The molecule has 94 heavy (non-hydrogen) atoms. The van der Waals surface area contributed by atoms with Crippen LogP contribution < -0.4 is 21.7 Å². The minimum atomic E-state index is -0.934. The van der Waals surface area contributed by atoms with Gasteiger partial charge >= 0.3 is 12.0 Å². The molecule has 22 nitrogen and oxygen atoms in total. The van der Waals surface area contributed by atoms with E-state index in [1.54, 1.807) is 30.9 Å². The number of amides is 8. The minimum absolute atomic E-state index is 0.000856. The number of nitrogens with one attached hydrogen (secondary N) is 3. The van der Waals surface area contributed by atoms with Crippen LogP contribution in [0.3, 0.4) is 0 Å². The van der Waals surface area contributed by atoms with Gasteiger partial charge in [0.25, 0.3) is 11.8 Å². The predicted molar refractivity (Wildman–Crippen MR) is 359 cm³/mol. The summed E-state index contributed by atoms with van der Waals surface area (Å²) in [5.74, 6) is -5.63. The number of rotatable bonds is 43. The summed E-state index contributed by atoms with van der Waals surface area (Å²) in [5, 5.41) is 8.33. The first-order valence-electron chi connectivity index (χ1n) is 33.8. The summed E-state index contributed by atoms with van der Waals surface area (Å²) in [7, 11) is 7.98. The molecule has 2 aromatic rings. The van der Waals surface area contributed by atoms with Gasteiger partial charge in [0.15, 0.2) is 11.6 Å². The van der Waals surface area contributed by atoms with E-state index in [-0.39, 0.29) is 123 Å². The van der Waals surface area contributed by atoms with Crippen LogP contribution >= 0.6 is 0 Å². The number of imide groups is 1. The number of likely N-dealkylation sites (tertiary alicyclic amines) is 1. The first kappa shape index (κ1) is 79.3. The molecule has 522 valence electrons. The highest BCUT2D eigenvalue weighted by Crippen LogP contribution is 2.32. The second-order valence-electron chi connectivity index (χ2n) is 26.8. The van der Waals surface area contributed by atoms with Gasteiger partial charge in [-0.25, -0.2) is 9.59 Å². The Kier molecular flexibility index (Phi) is 33.4. The molecule has 0 spiro atoms. The molecule has 5 N–H and O–H groups in total. The Balaban J connectivity index is 1.39. The lowest BCUT2D eigenvalue weighted by molar-refractivity contribution is -0.150. The summed E-state index contributed by atoms with van der Waals surface area (Å²) >= 11 is 0. The van der Waals surface area contributed by atoms with Crippen LogP contribution in [-0.2, 0) is 81.4 Å². The van der Waals surface area contributed by atoms with Crippen LogP contribution in [-0.4, -0.2) is 188 Å². The number of hydrogen-bond acceptors (Lipinski definition) is 15. The van der Waals surface area contributed by atoms with Crippen molar-refractivity contribution in [2.45, 2.75) is 201 Å². The number of ether oxygens (including phenoxy) is 3. The van der Waals surface area contributed by atoms with E-state index >= 15 is 0 Å². The molecule has 2 heterocycles. The molecule has 0 unspecified atom stereocenters. The number of Topliss-reactive ketones (excluding diaryl/α,β-unsaturated/α-hetero) is 3. The van der Waals surface area contributed by atoms with Crippen molar-refractivity contribution in [3.63, 3.8) is 0 Å². The zero-order valence-electron chi connectivity index (χ0n) is 58.5. The molecule has 4 rings (SSSR count). The van der Waals surface area contributed by atoms with Crippen LogP contribution in [0.25, 0.3) is 0 Å². The van der Waals surface area contributed by atoms with E-state index in [1.165, 1.54) is 31.3 Å². The number of urea groups is 1. The van der Waals surface area contributed by atoms with Crippen molar-refractivity contribution in [1.82, 2.24) is 35.6 Å². The average Bonchev–Trinajstić information content (AvgIpc) is 1.36. The van der Waals surface area contributed by atoms with Crippen LogP contribution in [0.4, 0.5) is 4.79 Å². The number of nitrogens with two attached hydrogens (primary N) is 1. The first-order chi connectivity index (χ1) is 44.6. The summed E-state index contributed by atoms with van der Waals surface area (Å²) in [4.78, 5) is 154. The summed E-state index contributed by atoms with van der Waals surface area (Å²) in [6, 6.07) is 12.9. The van der Waals surface area contributed by atoms with Crippen LogP contribution in [0.5, 0.6) is 0 Å². The fourth-order valence-electron chi connectivity index (χ4n) is 13.2. The van der Waals surface area contributed by atoms with Gasteiger partial charge in [-0.3, -0.25) is 53.0 Å². The Hall–Kier alpha value is -7.17. The summed E-state index contributed by atoms with van der Waals surface area (Å²) in [6.07, 6.45) is 6.31. The summed E-state index contributed by atoms with van der Waals surface area (Å²) in [5.41, 5.74) is 7.84. The number of nitrogens with zero attached hydrogens (tertiary/aromatic N) is 4. The van der Waals surface area contributed by atoms with E-state index in [2.05, 4.69) is 16.0 Å². The molecule has 0 aliphatic carbocycles. The van der Waals surface area contributed by atoms with Gasteiger partial charge < -0.3 is 45.7 Å². The maximum Gasteiger partial charge on any atom is 0.328 e. The predicted octanol–water partition coefficient (Wildman–Crippen LogP) is 7.00. The van der Waals surface area contributed by atoms with Crippen LogP contribution in [0.2, 0.25) is 0 Å². The highest BCUT2D eigenvalue weighted by atomic mass is 16.5. The lowest BCUT2D eigenvalue weighted by Crippen LogP contribution is -2.55. The number of ketones is 3. The summed E-state index contributed by atoms with van der Waals surface area (Å²) < 4.78 is 17.2. The molecule has 0 bridgehead atoms. The lowest BCUT2D eigenvalue weighted by Gasteiger charge is -2.41. The van der Waals surface area contributed by atoms with Crippen molar-refractivity contribution >= 4 is 64.8 Å². The zero-order valence-corrected chi connectivity index (χ0v) is 58.5. The Bertz CT molecular complexity index is 2850. The number of likely N-dealkylation sites (N-methyl/N-ethyl adjacent to an activating group) is 2. The smallest absolute Gasteiger partial charge is 0.328 e. The SMILES string of the molecule is CC[C@H](C)[C@@H]([C@@H](CC(=O)N1CCC[C@H]1[C@H](OC)[C@@H](C)C(=O)N[C@@H](Cc1ccccc1)C(=O)OC)OC)N(C)C(=O)[C@@H](CC(=O)[C@H](C(C)C)N(C)CCc1ccc(CC(=O)[C@H](CCCNC(N)=O)NC(=O)[C@@H](CC(=O)CCCCCN2C(=O)C=CC2=O)C(C)C)cc1)C(C)C. The van der Waals surface area contributed by atoms with E-state index in [0.29, 0.717) is 64.5 Å². The molecule has 0 saturated carbocycles. The topological polar surface area (TPSA) is 291 Å². The normalized spacial score (nSPS) is 17.3. The fourth-order valence-corrected chi connectivity index (χ4v) is 13.2. The van der Waals surface area contributed by atoms with Crippen molar-refractivity contribution in [3.05, 3.63) is 83.4 Å². The molecule has 22 heteroatoms. The van der Waals surface area contributed by atoms with E-state index in [0.717, 1.165) is 16.7 Å². The Morgan fingerprint density at radius 3 is 1.89 bits per heavy atom. The number of unbranched alkanes of at least 4 members (excludes halogenated alkanes) is 2. The van der Waals surface area contributed by atoms with Gasteiger partial charge in [0.2, 0.25) is 23.6 Å². The Morgan fingerprint density at radius 1 is 0.691 bits per heavy atom. The van der Waals surface area contributed by atoms with Crippen LogP contribution in [0.1, 0.15) is 156 Å². The number of benzene rings is 2. The van der Waals surface area contributed by atoms with Crippen molar-refractivity contribution < 1.29 is 67.0 Å². The number of carbonyl (C=O) groups is 11. The maximum atomic E-state index is 15.0. The molecule has 2 aliphatic heterocycles. The molecule has 2 aromatic carbocycles. The number of carbonyl (C=O) groups excluding carboxylic acids is 11. The molecule has 0 radical (unpaired) electrons.